The number of aliphatic hydroxyl groups excluding tert-OH is 1. The Balaban J connectivity index is 3.10. The van der Waals surface area contributed by atoms with Crippen LogP contribution in [0.4, 0.5) is 10.1 Å². The van der Waals surface area contributed by atoms with Crippen molar-refractivity contribution in [1.29, 1.82) is 0 Å². The number of halogens is 1. The van der Waals surface area contributed by atoms with Crippen LogP contribution in [-0.2, 0) is 0 Å². The van der Waals surface area contributed by atoms with Gasteiger partial charge in [-0.15, -0.1) is 0 Å². The second-order valence-electron chi connectivity index (χ2n) is 3.08. The monoisotopic (exact) mass is 214 g/mol. The molecular weight excluding hydrogens is 203 g/mol. The molecule has 0 aliphatic rings. The first kappa shape index (κ1) is 11.5. The summed E-state index contributed by atoms with van der Waals surface area (Å²) in [7, 11) is 0. The first-order valence-electron chi connectivity index (χ1n) is 4.36. The Bertz CT molecular complexity index is 370. The summed E-state index contributed by atoms with van der Waals surface area (Å²) in [5.74, 6) is -0.679. The number of nitro groups is 1. The van der Waals surface area contributed by atoms with Gasteiger partial charge in [0.1, 0.15) is 5.82 Å². The van der Waals surface area contributed by atoms with E-state index in [1.54, 1.807) is 0 Å². The molecule has 0 aliphatic heterocycles. The number of nitro benzene ring substituents is 1. The Morgan fingerprint density at radius 3 is 2.80 bits per heavy atom. The average Bonchev–Trinajstić information content (AvgIpc) is 2.17. The molecule has 0 unspecified atom stereocenters. The molecule has 6 heteroatoms. The van der Waals surface area contributed by atoms with Crippen LogP contribution in [-0.4, -0.2) is 16.6 Å². The first-order chi connectivity index (χ1) is 7.06. The molecular formula is C9H11FN2O3. The van der Waals surface area contributed by atoms with Crippen molar-refractivity contribution in [3.8, 4) is 0 Å². The maximum absolute atomic E-state index is 12.8. The van der Waals surface area contributed by atoms with E-state index in [1.807, 2.05) is 0 Å². The van der Waals surface area contributed by atoms with E-state index < -0.39 is 16.8 Å². The van der Waals surface area contributed by atoms with Gasteiger partial charge in [0.15, 0.2) is 0 Å². The number of nitrogens with zero attached hydrogens (tertiary/aromatic N) is 1. The second-order valence-corrected chi connectivity index (χ2v) is 3.08. The Kier molecular flexibility index (Phi) is 3.70. The fourth-order valence-corrected chi connectivity index (χ4v) is 1.28. The Morgan fingerprint density at radius 2 is 2.27 bits per heavy atom. The van der Waals surface area contributed by atoms with Gasteiger partial charge in [0.05, 0.1) is 11.0 Å². The number of hydrogen-bond acceptors (Lipinski definition) is 4. The number of aliphatic hydroxyl groups is 1. The van der Waals surface area contributed by atoms with Crippen molar-refractivity contribution in [2.24, 2.45) is 5.73 Å². The third-order valence-electron chi connectivity index (χ3n) is 2.03. The van der Waals surface area contributed by atoms with E-state index >= 15 is 0 Å². The van der Waals surface area contributed by atoms with E-state index in [0.717, 1.165) is 12.1 Å². The summed E-state index contributed by atoms with van der Waals surface area (Å²) in [4.78, 5) is 9.92. The lowest BCUT2D eigenvalue weighted by atomic mass is 10.0. The SMILES string of the molecule is N[C@@H](CCO)c1ccc(F)cc1[N+](=O)[O-]. The molecule has 15 heavy (non-hydrogen) atoms. The molecule has 0 amide bonds. The highest BCUT2D eigenvalue weighted by Gasteiger charge is 2.19. The lowest BCUT2D eigenvalue weighted by molar-refractivity contribution is -0.385. The minimum absolute atomic E-state index is 0.171. The van der Waals surface area contributed by atoms with Crippen LogP contribution in [0.3, 0.4) is 0 Å². The Labute approximate surface area is 85.5 Å². The maximum atomic E-state index is 12.8. The maximum Gasteiger partial charge on any atom is 0.277 e. The second kappa shape index (κ2) is 4.81. The van der Waals surface area contributed by atoms with Crippen LogP contribution in [0.15, 0.2) is 18.2 Å². The summed E-state index contributed by atoms with van der Waals surface area (Å²) in [6, 6.07) is 2.55. The third kappa shape index (κ3) is 2.71. The molecule has 1 aromatic carbocycles. The summed E-state index contributed by atoms with van der Waals surface area (Å²) >= 11 is 0. The Hall–Kier alpha value is -1.53. The molecule has 0 heterocycles. The van der Waals surface area contributed by atoms with E-state index in [0.29, 0.717) is 0 Å². The third-order valence-corrected chi connectivity index (χ3v) is 2.03. The molecule has 0 saturated heterocycles. The zero-order valence-corrected chi connectivity index (χ0v) is 7.89. The van der Waals surface area contributed by atoms with Gasteiger partial charge in [-0.2, -0.15) is 0 Å². The van der Waals surface area contributed by atoms with Crippen LogP contribution in [0.5, 0.6) is 0 Å². The van der Waals surface area contributed by atoms with Gasteiger partial charge in [0, 0.05) is 18.2 Å². The molecule has 0 saturated carbocycles. The van der Waals surface area contributed by atoms with Crippen LogP contribution >= 0.6 is 0 Å². The normalized spacial score (nSPS) is 12.5. The minimum atomic E-state index is -0.685. The van der Waals surface area contributed by atoms with Gasteiger partial charge in [0.2, 0.25) is 0 Å². The largest absolute Gasteiger partial charge is 0.396 e. The zero-order valence-electron chi connectivity index (χ0n) is 7.89. The van der Waals surface area contributed by atoms with E-state index in [4.69, 9.17) is 10.8 Å². The highest BCUT2D eigenvalue weighted by atomic mass is 19.1. The van der Waals surface area contributed by atoms with Gasteiger partial charge >= 0.3 is 0 Å². The molecule has 0 fully saturated rings. The van der Waals surface area contributed by atoms with Crippen LogP contribution in [0.25, 0.3) is 0 Å². The van der Waals surface area contributed by atoms with Crippen molar-refractivity contribution >= 4 is 5.69 Å². The molecule has 1 rings (SSSR count). The Morgan fingerprint density at radius 1 is 1.60 bits per heavy atom. The molecule has 82 valence electrons. The molecule has 1 atom stereocenters. The van der Waals surface area contributed by atoms with E-state index in [-0.39, 0.29) is 24.3 Å². The highest BCUT2D eigenvalue weighted by molar-refractivity contribution is 5.42. The highest BCUT2D eigenvalue weighted by Crippen LogP contribution is 2.26. The molecule has 0 aliphatic carbocycles. The van der Waals surface area contributed by atoms with Crippen LogP contribution in [0, 0.1) is 15.9 Å². The van der Waals surface area contributed by atoms with Crippen molar-refractivity contribution in [2.75, 3.05) is 6.61 Å². The van der Waals surface area contributed by atoms with Crippen LogP contribution in [0.1, 0.15) is 18.0 Å². The van der Waals surface area contributed by atoms with Crippen molar-refractivity contribution in [1.82, 2.24) is 0 Å². The number of hydrogen-bond donors (Lipinski definition) is 2. The fourth-order valence-electron chi connectivity index (χ4n) is 1.28. The summed E-state index contributed by atoms with van der Waals surface area (Å²) in [6.45, 7) is -0.171. The molecule has 0 radical (unpaired) electrons. The molecule has 0 bridgehead atoms. The van der Waals surface area contributed by atoms with Crippen molar-refractivity contribution < 1.29 is 14.4 Å². The average molecular weight is 214 g/mol. The van der Waals surface area contributed by atoms with Crippen LogP contribution in [0.2, 0.25) is 0 Å². The van der Waals surface area contributed by atoms with E-state index in [1.165, 1.54) is 6.07 Å². The molecule has 0 spiro atoms. The predicted molar refractivity (Wildman–Crippen MR) is 51.7 cm³/mol. The smallest absolute Gasteiger partial charge is 0.277 e. The van der Waals surface area contributed by atoms with E-state index in [2.05, 4.69) is 0 Å². The summed E-state index contributed by atoms with van der Waals surface area (Å²) in [6.07, 6.45) is 0.201. The molecule has 0 aromatic heterocycles. The zero-order chi connectivity index (χ0) is 11.4. The first-order valence-corrected chi connectivity index (χ1v) is 4.36. The van der Waals surface area contributed by atoms with Gasteiger partial charge in [-0.25, -0.2) is 4.39 Å². The van der Waals surface area contributed by atoms with Gasteiger partial charge in [-0.1, -0.05) is 0 Å². The van der Waals surface area contributed by atoms with Gasteiger partial charge < -0.3 is 10.8 Å². The number of nitrogens with two attached hydrogens (primary N) is 1. The van der Waals surface area contributed by atoms with Gasteiger partial charge in [0.25, 0.3) is 5.69 Å². The van der Waals surface area contributed by atoms with Gasteiger partial charge in [-0.05, 0) is 18.6 Å². The topological polar surface area (TPSA) is 89.4 Å². The molecule has 1 aromatic rings. The number of benzene rings is 1. The van der Waals surface area contributed by atoms with Crippen molar-refractivity contribution in [3.05, 3.63) is 39.7 Å². The summed E-state index contributed by atoms with van der Waals surface area (Å²) in [5.41, 5.74) is 5.49. The number of rotatable bonds is 4. The van der Waals surface area contributed by atoms with E-state index in [9.17, 15) is 14.5 Å². The lowest BCUT2D eigenvalue weighted by Crippen LogP contribution is -2.14. The fraction of sp³-hybridized carbons (Fsp3) is 0.333. The van der Waals surface area contributed by atoms with Gasteiger partial charge in [-0.3, -0.25) is 10.1 Å². The molecule has 3 N–H and O–H groups in total. The predicted octanol–water partition coefficient (Wildman–Crippen LogP) is 1.12. The molecule has 5 nitrogen and oxygen atoms in total. The standard InChI is InChI=1S/C9H11FN2O3/c10-6-1-2-7(8(11)3-4-13)9(5-6)12(14)15/h1-2,5,8,13H,3-4,11H2/t8-/m0/s1. The van der Waals surface area contributed by atoms with Crippen LogP contribution < -0.4 is 5.73 Å². The van der Waals surface area contributed by atoms with Crippen molar-refractivity contribution in [3.63, 3.8) is 0 Å². The summed E-state index contributed by atoms with van der Waals surface area (Å²) in [5, 5.41) is 19.3. The van der Waals surface area contributed by atoms with Crippen molar-refractivity contribution in [2.45, 2.75) is 12.5 Å². The lowest BCUT2D eigenvalue weighted by Gasteiger charge is -2.10. The quantitative estimate of drug-likeness (QED) is 0.580. The summed E-state index contributed by atoms with van der Waals surface area (Å²) < 4.78 is 12.8. The minimum Gasteiger partial charge on any atom is -0.396 e.